The Morgan fingerprint density at radius 3 is 2.95 bits per heavy atom. The topological polar surface area (TPSA) is 64.9 Å². The molecule has 2 atom stereocenters. The number of rotatable bonds is 2. The minimum atomic E-state index is -0.388. The minimum Gasteiger partial charge on any atom is -0.339 e. The van der Waals surface area contributed by atoms with Gasteiger partial charge in [-0.25, -0.2) is 4.39 Å². The molecule has 1 fully saturated rings. The van der Waals surface area contributed by atoms with Gasteiger partial charge in [0.15, 0.2) is 0 Å². The van der Waals surface area contributed by atoms with Crippen molar-refractivity contribution in [3.63, 3.8) is 0 Å². The second-order valence-corrected chi connectivity index (χ2v) is 5.61. The SMILES string of the molecule is NC1CCCC(c2nc(-c3ccc(F)cc3Cl)no2)C1. The fourth-order valence-electron chi connectivity index (χ4n) is 2.63. The van der Waals surface area contributed by atoms with Crippen molar-refractivity contribution in [3.8, 4) is 11.4 Å². The molecule has 2 N–H and O–H groups in total. The van der Waals surface area contributed by atoms with Crippen LogP contribution in [0.1, 0.15) is 37.5 Å². The molecule has 106 valence electrons. The van der Waals surface area contributed by atoms with Gasteiger partial charge in [0.05, 0.1) is 5.02 Å². The Balaban J connectivity index is 1.86. The highest BCUT2D eigenvalue weighted by Crippen LogP contribution is 2.33. The van der Waals surface area contributed by atoms with Crippen molar-refractivity contribution in [1.82, 2.24) is 10.1 Å². The Morgan fingerprint density at radius 1 is 1.35 bits per heavy atom. The van der Waals surface area contributed by atoms with Gasteiger partial charge in [0, 0.05) is 17.5 Å². The number of benzene rings is 1. The van der Waals surface area contributed by atoms with Gasteiger partial charge in [0.25, 0.3) is 0 Å². The van der Waals surface area contributed by atoms with E-state index in [9.17, 15) is 4.39 Å². The van der Waals surface area contributed by atoms with Gasteiger partial charge in [0.1, 0.15) is 5.82 Å². The first kappa shape index (κ1) is 13.5. The summed E-state index contributed by atoms with van der Waals surface area (Å²) in [5.41, 5.74) is 6.54. The standard InChI is InChI=1S/C14H15ClFN3O/c15-12-7-9(16)4-5-11(12)13-18-14(20-19-13)8-2-1-3-10(17)6-8/h4-5,7-8,10H,1-3,6,17H2. The van der Waals surface area contributed by atoms with E-state index in [-0.39, 0.29) is 22.8 Å². The maximum atomic E-state index is 13.0. The van der Waals surface area contributed by atoms with Crippen molar-refractivity contribution in [1.29, 1.82) is 0 Å². The summed E-state index contributed by atoms with van der Waals surface area (Å²) in [6, 6.07) is 4.31. The summed E-state index contributed by atoms with van der Waals surface area (Å²) in [5, 5.41) is 4.22. The number of aromatic nitrogens is 2. The monoisotopic (exact) mass is 295 g/mol. The van der Waals surface area contributed by atoms with E-state index in [1.54, 1.807) is 6.07 Å². The molecule has 0 amide bonds. The molecule has 1 aliphatic carbocycles. The van der Waals surface area contributed by atoms with Crippen molar-refractivity contribution in [3.05, 3.63) is 34.9 Å². The zero-order chi connectivity index (χ0) is 14.1. The first-order valence-electron chi connectivity index (χ1n) is 6.68. The highest BCUT2D eigenvalue weighted by molar-refractivity contribution is 6.33. The molecule has 6 heteroatoms. The molecule has 3 rings (SSSR count). The second-order valence-electron chi connectivity index (χ2n) is 5.20. The first-order valence-corrected chi connectivity index (χ1v) is 7.06. The van der Waals surface area contributed by atoms with Gasteiger partial charge < -0.3 is 10.3 Å². The van der Waals surface area contributed by atoms with E-state index in [1.165, 1.54) is 12.1 Å². The molecule has 0 spiro atoms. The van der Waals surface area contributed by atoms with E-state index >= 15 is 0 Å². The van der Waals surface area contributed by atoms with E-state index in [0.717, 1.165) is 25.7 Å². The second kappa shape index (κ2) is 5.50. The molecule has 0 aliphatic heterocycles. The third kappa shape index (κ3) is 2.69. The number of hydrogen-bond donors (Lipinski definition) is 1. The Labute approximate surface area is 121 Å². The molecule has 4 nitrogen and oxygen atoms in total. The normalized spacial score (nSPS) is 22.9. The molecule has 1 aromatic carbocycles. The Bertz CT molecular complexity index is 616. The van der Waals surface area contributed by atoms with Crippen LogP contribution in [-0.2, 0) is 0 Å². The van der Waals surface area contributed by atoms with Gasteiger partial charge in [-0.15, -0.1) is 0 Å². The predicted molar refractivity (Wildman–Crippen MR) is 73.9 cm³/mol. The van der Waals surface area contributed by atoms with E-state index in [4.69, 9.17) is 21.9 Å². The molecule has 1 aromatic heterocycles. The maximum Gasteiger partial charge on any atom is 0.230 e. The van der Waals surface area contributed by atoms with E-state index < -0.39 is 0 Å². The fourth-order valence-corrected chi connectivity index (χ4v) is 2.88. The van der Waals surface area contributed by atoms with Crippen LogP contribution in [0.15, 0.2) is 22.7 Å². The third-order valence-corrected chi connectivity index (χ3v) is 3.99. The summed E-state index contributed by atoms with van der Waals surface area (Å²) in [4.78, 5) is 4.39. The lowest BCUT2D eigenvalue weighted by molar-refractivity contribution is 0.299. The molecular weight excluding hydrogens is 281 g/mol. The van der Waals surface area contributed by atoms with E-state index in [2.05, 4.69) is 10.1 Å². The van der Waals surface area contributed by atoms with Gasteiger partial charge in [0.2, 0.25) is 11.7 Å². The van der Waals surface area contributed by atoms with Crippen LogP contribution in [0.2, 0.25) is 5.02 Å². The lowest BCUT2D eigenvalue weighted by Gasteiger charge is -2.23. The average Bonchev–Trinajstić information content (AvgIpc) is 2.88. The van der Waals surface area contributed by atoms with Crippen LogP contribution in [-0.4, -0.2) is 16.2 Å². The van der Waals surface area contributed by atoms with Crippen molar-refractivity contribution in [2.24, 2.45) is 5.73 Å². The Kier molecular flexibility index (Phi) is 3.72. The largest absolute Gasteiger partial charge is 0.339 e. The molecule has 20 heavy (non-hydrogen) atoms. The summed E-state index contributed by atoms with van der Waals surface area (Å²) in [7, 11) is 0. The van der Waals surface area contributed by atoms with Crippen LogP contribution in [0.5, 0.6) is 0 Å². The van der Waals surface area contributed by atoms with Crippen molar-refractivity contribution in [2.75, 3.05) is 0 Å². The van der Waals surface area contributed by atoms with Gasteiger partial charge in [-0.2, -0.15) is 4.98 Å². The molecular formula is C14H15ClFN3O. The van der Waals surface area contributed by atoms with Gasteiger partial charge in [-0.3, -0.25) is 0 Å². The lowest BCUT2D eigenvalue weighted by atomic mass is 9.86. The smallest absolute Gasteiger partial charge is 0.230 e. The Morgan fingerprint density at radius 2 is 2.20 bits per heavy atom. The fraction of sp³-hybridized carbons (Fsp3) is 0.429. The summed E-state index contributed by atoms with van der Waals surface area (Å²) >= 11 is 6.00. The summed E-state index contributed by atoms with van der Waals surface area (Å²) in [6.45, 7) is 0. The maximum absolute atomic E-state index is 13.0. The van der Waals surface area contributed by atoms with Crippen molar-refractivity contribution < 1.29 is 8.91 Å². The molecule has 0 saturated heterocycles. The zero-order valence-corrected chi connectivity index (χ0v) is 11.6. The molecule has 2 unspecified atom stereocenters. The van der Waals surface area contributed by atoms with E-state index in [0.29, 0.717) is 17.3 Å². The number of hydrogen-bond acceptors (Lipinski definition) is 4. The molecule has 1 aliphatic rings. The minimum absolute atomic E-state index is 0.193. The number of halogens is 2. The zero-order valence-electron chi connectivity index (χ0n) is 10.9. The van der Waals surface area contributed by atoms with Crippen LogP contribution < -0.4 is 5.73 Å². The third-order valence-electron chi connectivity index (χ3n) is 3.68. The average molecular weight is 296 g/mol. The van der Waals surface area contributed by atoms with Crippen molar-refractivity contribution in [2.45, 2.75) is 37.6 Å². The van der Waals surface area contributed by atoms with Gasteiger partial charge >= 0.3 is 0 Å². The highest BCUT2D eigenvalue weighted by Gasteiger charge is 2.26. The summed E-state index contributed by atoms with van der Waals surface area (Å²) < 4.78 is 18.4. The quantitative estimate of drug-likeness (QED) is 0.920. The first-order chi connectivity index (χ1) is 9.63. The molecule has 2 aromatic rings. The number of nitrogens with two attached hydrogens (primary N) is 1. The van der Waals surface area contributed by atoms with Crippen LogP contribution in [0.4, 0.5) is 4.39 Å². The van der Waals surface area contributed by atoms with E-state index in [1.807, 2.05) is 0 Å². The molecule has 0 bridgehead atoms. The number of nitrogens with zero attached hydrogens (tertiary/aromatic N) is 2. The Hall–Kier alpha value is -1.46. The lowest BCUT2D eigenvalue weighted by Crippen LogP contribution is -2.26. The van der Waals surface area contributed by atoms with Crippen LogP contribution in [0, 0.1) is 5.82 Å². The highest BCUT2D eigenvalue weighted by atomic mass is 35.5. The molecule has 1 heterocycles. The van der Waals surface area contributed by atoms with Crippen LogP contribution >= 0.6 is 11.6 Å². The summed E-state index contributed by atoms with van der Waals surface area (Å²) in [5.74, 6) is 0.805. The van der Waals surface area contributed by atoms with Crippen LogP contribution in [0.25, 0.3) is 11.4 Å². The van der Waals surface area contributed by atoms with Crippen LogP contribution in [0.3, 0.4) is 0 Å². The molecule has 0 radical (unpaired) electrons. The van der Waals surface area contributed by atoms with Crippen molar-refractivity contribution >= 4 is 11.6 Å². The molecule has 1 saturated carbocycles. The summed E-state index contributed by atoms with van der Waals surface area (Å²) in [6.07, 6.45) is 3.98. The van der Waals surface area contributed by atoms with Gasteiger partial charge in [-0.05, 0) is 37.5 Å². The van der Waals surface area contributed by atoms with Gasteiger partial charge in [-0.1, -0.05) is 23.2 Å². The predicted octanol–water partition coefficient (Wildman–Crippen LogP) is 3.51.